The maximum atomic E-state index is 12.9. The summed E-state index contributed by atoms with van der Waals surface area (Å²) in [7, 11) is 0. The number of β-amino-alcohol motifs (C(OH)–C–C–N with tert-alkyl or cyclic N) is 1. The fraction of sp³-hybridized carbons (Fsp3) is 0.667. The van der Waals surface area contributed by atoms with Gasteiger partial charge in [0.15, 0.2) is 0 Å². The van der Waals surface area contributed by atoms with E-state index in [1.165, 1.54) is 0 Å². The molecule has 0 unspecified atom stereocenters. The summed E-state index contributed by atoms with van der Waals surface area (Å²) >= 11 is 0. The van der Waals surface area contributed by atoms with Gasteiger partial charge in [0.1, 0.15) is 0 Å². The van der Waals surface area contributed by atoms with E-state index in [0.29, 0.717) is 44.1 Å². The quantitative estimate of drug-likeness (QED) is 0.803. The summed E-state index contributed by atoms with van der Waals surface area (Å²) in [5.41, 5.74) is 0.421. The summed E-state index contributed by atoms with van der Waals surface area (Å²) in [4.78, 5) is 36.9. The molecule has 0 aliphatic carbocycles. The molecule has 2 N–H and O–H groups in total. The van der Waals surface area contributed by atoms with Crippen molar-refractivity contribution >= 4 is 17.8 Å². The first kappa shape index (κ1) is 18.6. The highest BCUT2D eigenvalue weighted by atomic mass is 16.3. The number of anilines is 1. The zero-order chi connectivity index (χ0) is 18.6. The third-order valence-electron chi connectivity index (χ3n) is 5.30. The van der Waals surface area contributed by atoms with Crippen LogP contribution in [0.3, 0.4) is 0 Å². The summed E-state index contributed by atoms with van der Waals surface area (Å²) in [5, 5.41) is 12.2. The number of likely N-dealkylation sites (tertiary alicyclic amines) is 2. The van der Waals surface area contributed by atoms with Crippen LogP contribution >= 0.6 is 0 Å². The topological polar surface area (TPSA) is 98.7 Å². The monoisotopic (exact) mass is 361 g/mol. The van der Waals surface area contributed by atoms with Crippen molar-refractivity contribution in [3.8, 4) is 0 Å². The van der Waals surface area contributed by atoms with Crippen molar-refractivity contribution in [3.63, 3.8) is 0 Å². The molecule has 0 bridgehead atoms. The molecule has 2 saturated heterocycles. The smallest absolute Gasteiger partial charge is 0.257 e. The van der Waals surface area contributed by atoms with Gasteiger partial charge in [0, 0.05) is 57.0 Å². The van der Waals surface area contributed by atoms with Crippen LogP contribution in [0.5, 0.6) is 0 Å². The molecule has 1 aromatic heterocycles. The molecule has 0 aromatic carbocycles. The first-order valence-electron chi connectivity index (χ1n) is 9.31. The number of hydrogen-bond donors (Lipinski definition) is 2. The van der Waals surface area contributed by atoms with Crippen molar-refractivity contribution in [2.24, 2.45) is 5.41 Å². The van der Waals surface area contributed by atoms with Crippen LogP contribution in [-0.2, 0) is 4.79 Å². The van der Waals surface area contributed by atoms with Crippen LogP contribution in [-0.4, -0.2) is 76.0 Å². The maximum Gasteiger partial charge on any atom is 0.257 e. The Morgan fingerprint density at radius 3 is 2.77 bits per heavy atom. The summed E-state index contributed by atoms with van der Waals surface area (Å²) in [6.45, 7) is 5.00. The van der Waals surface area contributed by atoms with E-state index in [-0.39, 0.29) is 23.8 Å². The van der Waals surface area contributed by atoms with Crippen molar-refractivity contribution in [1.82, 2.24) is 19.8 Å². The minimum Gasteiger partial charge on any atom is -0.395 e. The van der Waals surface area contributed by atoms with Crippen molar-refractivity contribution < 1.29 is 14.7 Å². The average molecular weight is 361 g/mol. The second kappa shape index (κ2) is 7.99. The Morgan fingerprint density at radius 2 is 2.08 bits per heavy atom. The number of carbonyl (C=O) groups is 2. The first-order chi connectivity index (χ1) is 12.6. The third-order valence-corrected chi connectivity index (χ3v) is 5.30. The molecular weight excluding hydrogens is 334 g/mol. The lowest BCUT2D eigenvalue weighted by molar-refractivity contribution is -0.139. The number of piperidine rings is 2. The second-order valence-corrected chi connectivity index (χ2v) is 7.19. The summed E-state index contributed by atoms with van der Waals surface area (Å²) in [6, 6.07) is 0. The van der Waals surface area contributed by atoms with Crippen LogP contribution in [0.1, 0.15) is 43.0 Å². The number of nitrogens with one attached hydrogen (secondary N) is 1. The lowest BCUT2D eigenvalue weighted by Crippen LogP contribution is -2.55. The summed E-state index contributed by atoms with van der Waals surface area (Å²) in [5.74, 6) is 0.558. The van der Waals surface area contributed by atoms with Crippen LogP contribution < -0.4 is 5.32 Å². The number of carbonyl (C=O) groups excluding carboxylic acids is 2. The fourth-order valence-electron chi connectivity index (χ4n) is 4.01. The largest absolute Gasteiger partial charge is 0.395 e. The Labute approximate surface area is 153 Å². The normalized spacial score (nSPS) is 23.4. The van der Waals surface area contributed by atoms with Gasteiger partial charge in [0.25, 0.3) is 5.91 Å². The molecule has 3 rings (SSSR count). The Morgan fingerprint density at radius 1 is 1.31 bits per heavy atom. The summed E-state index contributed by atoms with van der Waals surface area (Å²) < 4.78 is 0. The van der Waals surface area contributed by atoms with Gasteiger partial charge >= 0.3 is 0 Å². The van der Waals surface area contributed by atoms with E-state index in [1.54, 1.807) is 17.3 Å². The Balaban J connectivity index is 1.69. The molecule has 26 heavy (non-hydrogen) atoms. The SMILES string of the molecule is CCNc1ncc(C(=O)N2CCC[C@]3(CCC(=O)N(CCO)C3)C2)cn1. The van der Waals surface area contributed by atoms with E-state index in [9.17, 15) is 14.7 Å². The van der Waals surface area contributed by atoms with Crippen molar-refractivity contribution in [1.29, 1.82) is 0 Å². The van der Waals surface area contributed by atoms with Crippen molar-refractivity contribution in [3.05, 3.63) is 18.0 Å². The molecule has 8 nitrogen and oxygen atoms in total. The zero-order valence-corrected chi connectivity index (χ0v) is 15.3. The molecule has 0 saturated carbocycles. The highest BCUT2D eigenvalue weighted by Crippen LogP contribution is 2.39. The van der Waals surface area contributed by atoms with E-state index in [1.807, 2.05) is 11.8 Å². The molecule has 2 amide bonds. The zero-order valence-electron chi connectivity index (χ0n) is 15.3. The summed E-state index contributed by atoms with van der Waals surface area (Å²) in [6.07, 6.45) is 6.34. The number of aliphatic hydroxyl groups is 1. The van der Waals surface area contributed by atoms with Gasteiger partial charge in [-0.3, -0.25) is 9.59 Å². The van der Waals surface area contributed by atoms with Crippen LogP contribution in [0.25, 0.3) is 0 Å². The molecule has 8 heteroatoms. The maximum absolute atomic E-state index is 12.9. The minimum absolute atomic E-state index is 0.0278. The van der Waals surface area contributed by atoms with Gasteiger partial charge in [-0.15, -0.1) is 0 Å². The first-order valence-corrected chi connectivity index (χ1v) is 9.31. The lowest BCUT2D eigenvalue weighted by atomic mass is 9.73. The van der Waals surface area contributed by atoms with Crippen LogP contribution in [0.4, 0.5) is 5.95 Å². The van der Waals surface area contributed by atoms with E-state index in [0.717, 1.165) is 25.8 Å². The van der Waals surface area contributed by atoms with Crippen molar-refractivity contribution in [2.45, 2.75) is 32.6 Å². The van der Waals surface area contributed by atoms with Crippen LogP contribution in [0.15, 0.2) is 12.4 Å². The predicted octanol–water partition coefficient (Wildman–Crippen LogP) is 0.745. The minimum atomic E-state index is -0.0679. The average Bonchev–Trinajstić information content (AvgIpc) is 2.66. The van der Waals surface area contributed by atoms with Gasteiger partial charge in [0.05, 0.1) is 12.2 Å². The number of rotatable bonds is 5. The fourth-order valence-corrected chi connectivity index (χ4v) is 4.01. The van der Waals surface area contributed by atoms with Gasteiger partial charge in [-0.2, -0.15) is 0 Å². The van der Waals surface area contributed by atoms with E-state index >= 15 is 0 Å². The second-order valence-electron chi connectivity index (χ2n) is 7.19. The Kier molecular flexibility index (Phi) is 5.70. The van der Waals surface area contributed by atoms with E-state index in [4.69, 9.17) is 0 Å². The van der Waals surface area contributed by atoms with E-state index < -0.39 is 0 Å². The molecule has 0 radical (unpaired) electrons. The molecule has 142 valence electrons. The van der Waals surface area contributed by atoms with Crippen LogP contribution in [0, 0.1) is 5.41 Å². The molecule has 2 aliphatic heterocycles. The molecule has 1 atom stereocenters. The molecular formula is C18H27N5O3. The van der Waals surface area contributed by atoms with Gasteiger partial charge in [-0.1, -0.05) is 0 Å². The lowest BCUT2D eigenvalue weighted by Gasteiger charge is -2.48. The molecule has 1 aromatic rings. The highest BCUT2D eigenvalue weighted by molar-refractivity contribution is 5.93. The predicted molar refractivity (Wildman–Crippen MR) is 96.7 cm³/mol. The van der Waals surface area contributed by atoms with Crippen molar-refractivity contribution in [2.75, 3.05) is 44.6 Å². The van der Waals surface area contributed by atoms with Gasteiger partial charge < -0.3 is 20.2 Å². The van der Waals surface area contributed by atoms with Gasteiger partial charge in [-0.05, 0) is 26.2 Å². The van der Waals surface area contributed by atoms with Gasteiger partial charge in [-0.25, -0.2) is 9.97 Å². The molecule has 2 fully saturated rings. The standard InChI is InChI=1S/C18H27N5O3/c1-2-19-17-20-10-14(11-21-17)16(26)23-7-3-5-18(13-23)6-4-15(25)22(12-18)8-9-24/h10-11,24H,2-9,12-13H2,1H3,(H,19,20,21)/t18-/m1/s1. The third kappa shape index (κ3) is 3.95. The Hall–Kier alpha value is -2.22. The highest BCUT2D eigenvalue weighted by Gasteiger charge is 2.42. The molecule has 1 spiro atoms. The molecule has 3 heterocycles. The Bertz CT molecular complexity index is 651. The van der Waals surface area contributed by atoms with Gasteiger partial charge in [0.2, 0.25) is 11.9 Å². The number of aliphatic hydroxyl groups excluding tert-OH is 1. The number of aromatic nitrogens is 2. The van der Waals surface area contributed by atoms with Crippen LogP contribution in [0.2, 0.25) is 0 Å². The number of hydrogen-bond acceptors (Lipinski definition) is 6. The number of nitrogens with zero attached hydrogens (tertiary/aromatic N) is 4. The number of amides is 2. The van der Waals surface area contributed by atoms with E-state index in [2.05, 4.69) is 15.3 Å². The molecule has 2 aliphatic rings.